The Hall–Kier alpha value is -1.40. The van der Waals surface area contributed by atoms with Crippen molar-refractivity contribution < 1.29 is 4.39 Å². The van der Waals surface area contributed by atoms with Crippen molar-refractivity contribution in [2.75, 3.05) is 13.1 Å². The van der Waals surface area contributed by atoms with Crippen LogP contribution in [0.3, 0.4) is 0 Å². The number of likely N-dealkylation sites (tertiary alicyclic amines) is 1. The zero-order chi connectivity index (χ0) is 17.2. The lowest BCUT2D eigenvalue weighted by atomic mass is 9.73. The Morgan fingerprint density at radius 1 is 1.08 bits per heavy atom. The standard InChI is InChI=1S/C21H29FN2/c1-16(2)17-3-9-20(10-4-17)24-13-11-21(15-23,12-14-24)18-5-7-19(22)8-6-18/h5-8,16-17,20H,3-4,9-14H2,1-2H3. The van der Waals surface area contributed by atoms with Crippen molar-refractivity contribution in [2.45, 2.75) is 63.8 Å². The zero-order valence-electron chi connectivity index (χ0n) is 15.0. The molecule has 1 saturated heterocycles. The molecule has 0 aromatic heterocycles. The van der Waals surface area contributed by atoms with Crippen LogP contribution >= 0.6 is 0 Å². The van der Waals surface area contributed by atoms with E-state index in [4.69, 9.17) is 0 Å². The van der Waals surface area contributed by atoms with Gasteiger partial charge in [0.05, 0.1) is 11.5 Å². The molecule has 1 heterocycles. The lowest BCUT2D eigenvalue weighted by molar-refractivity contribution is 0.0875. The molecule has 3 heteroatoms. The predicted octanol–water partition coefficient (Wildman–Crippen LogP) is 4.90. The van der Waals surface area contributed by atoms with E-state index in [1.165, 1.54) is 37.8 Å². The van der Waals surface area contributed by atoms with E-state index in [2.05, 4.69) is 24.8 Å². The van der Waals surface area contributed by atoms with Crippen LogP contribution in [0.4, 0.5) is 4.39 Å². The van der Waals surface area contributed by atoms with Crippen LogP contribution in [0.5, 0.6) is 0 Å². The molecule has 1 aromatic carbocycles. The van der Waals surface area contributed by atoms with Gasteiger partial charge in [0.1, 0.15) is 5.82 Å². The van der Waals surface area contributed by atoms with Gasteiger partial charge < -0.3 is 4.90 Å². The Morgan fingerprint density at radius 2 is 1.67 bits per heavy atom. The summed E-state index contributed by atoms with van der Waals surface area (Å²) in [5, 5.41) is 9.79. The largest absolute Gasteiger partial charge is 0.300 e. The highest BCUT2D eigenvalue weighted by atomic mass is 19.1. The van der Waals surface area contributed by atoms with E-state index in [-0.39, 0.29) is 5.82 Å². The number of halogens is 1. The molecule has 3 rings (SSSR count). The van der Waals surface area contributed by atoms with Gasteiger partial charge in [-0.15, -0.1) is 0 Å². The second-order valence-electron chi connectivity index (χ2n) is 8.05. The Bertz CT molecular complexity index is 571. The van der Waals surface area contributed by atoms with E-state index in [1.807, 2.05) is 0 Å². The molecule has 0 bridgehead atoms. The Labute approximate surface area is 145 Å². The maximum absolute atomic E-state index is 13.2. The third-order valence-corrected chi connectivity index (χ3v) is 6.46. The highest BCUT2D eigenvalue weighted by molar-refractivity contribution is 5.33. The lowest BCUT2D eigenvalue weighted by Crippen LogP contribution is -2.47. The van der Waals surface area contributed by atoms with Crippen molar-refractivity contribution in [1.82, 2.24) is 4.90 Å². The minimum Gasteiger partial charge on any atom is -0.300 e. The summed E-state index contributed by atoms with van der Waals surface area (Å²) in [6.07, 6.45) is 7.02. The summed E-state index contributed by atoms with van der Waals surface area (Å²) in [6, 6.07) is 9.80. The number of nitriles is 1. The van der Waals surface area contributed by atoms with Gasteiger partial charge in [0.15, 0.2) is 0 Å². The average Bonchev–Trinajstić information content (AvgIpc) is 2.62. The first-order valence-electron chi connectivity index (χ1n) is 9.45. The Morgan fingerprint density at radius 3 is 2.17 bits per heavy atom. The van der Waals surface area contributed by atoms with Gasteiger partial charge in [0.2, 0.25) is 0 Å². The van der Waals surface area contributed by atoms with Crippen LogP contribution in [0.25, 0.3) is 0 Å². The van der Waals surface area contributed by atoms with Gasteiger partial charge in [-0.1, -0.05) is 26.0 Å². The van der Waals surface area contributed by atoms with E-state index in [0.29, 0.717) is 6.04 Å². The molecule has 0 amide bonds. The molecule has 1 aliphatic heterocycles. The summed E-state index contributed by atoms with van der Waals surface area (Å²) in [7, 11) is 0. The highest BCUT2D eigenvalue weighted by Gasteiger charge is 2.39. The third kappa shape index (κ3) is 3.49. The monoisotopic (exact) mass is 328 g/mol. The molecular weight excluding hydrogens is 299 g/mol. The Balaban J connectivity index is 1.61. The first-order chi connectivity index (χ1) is 11.5. The minimum atomic E-state index is -0.431. The van der Waals surface area contributed by atoms with Crippen molar-refractivity contribution in [3.8, 4) is 6.07 Å². The number of nitrogens with zero attached hydrogens (tertiary/aromatic N) is 2. The van der Waals surface area contributed by atoms with Gasteiger partial charge in [-0.05, 0) is 68.1 Å². The maximum Gasteiger partial charge on any atom is 0.123 e. The van der Waals surface area contributed by atoms with Crippen LogP contribution in [0, 0.1) is 29.0 Å². The van der Waals surface area contributed by atoms with Crippen molar-refractivity contribution in [3.63, 3.8) is 0 Å². The molecule has 0 unspecified atom stereocenters. The van der Waals surface area contributed by atoms with Crippen molar-refractivity contribution in [2.24, 2.45) is 11.8 Å². The van der Waals surface area contributed by atoms with Gasteiger partial charge in [-0.2, -0.15) is 5.26 Å². The predicted molar refractivity (Wildman–Crippen MR) is 95.1 cm³/mol. The summed E-state index contributed by atoms with van der Waals surface area (Å²) in [5.41, 5.74) is 0.550. The molecule has 0 N–H and O–H groups in total. The summed E-state index contributed by atoms with van der Waals surface area (Å²) in [5.74, 6) is 1.46. The van der Waals surface area contributed by atoms with Crippen molar-refractivity contribution >= 4 is 0 Å². The van der Waals surface area contributed by atoms with Gasteiger partial charge >= 0.3 is 0 Å². The van der Waals surface area contributed by atoms with Gasteiger partial charge in [-0.25, -0.2) is 4.39 Å². The molecule has 1 saturated carbocycles. The fourth-order valence-corrected chi connectivity index (χ4v) is 4.64. The summed E-state index contributed by atoms with van der Waals surface area (Å²) in [6.45, 7) is 6.66. The zero-order valence-corrected chi connectivity index (χ0v) is 15.0. The van der Waals surface area contributed by atoms with E-state index in [0.717, 1.165) is 43.3 Å². The fourth-order valence-electron chi connectivity index (χ4n) is 4.64. The third-order valence-electron chi connectivity index (χ3n) is 6.46. The molecule has 0 radical (unpaired) electrons. The fraction of sp³-hybridized carbons (Fsp3) is 0.667. The molecule has 24 heavy (non-hydrogen) atoms. The SMILES string of the molecule is CC(C)C1CCC(N2CCC(C#N)(c3ccc(F)cc3)CC2)CC1. The Kier molecular flexibility index (Phi) is 5.25. The molecule has 0 atom stereocenters. The number of piperidine rings is 1. The van der Waals surface area contributed by atoms with E-state index < -0.39 is 5.41 Å². The lowest BCUT2D eigenvalue weighted by Gasteiger charge is -2.44. The smallest absolute Gasteiger partial charge is 0.123 e. The summed E-state index contributed by atoms with van der Waals surface area (Å²) >= 11 is 0. The van der Waals surface area contributed by atoms with Crippen LogP contribution in [-0.4, -0.2) is 24.0 Å². The summed E-state index contributed by atoms with van der Waals surface area (Å²) in [4.78, 5) is 2.61. The van der Waals surface area contributed by atoms with Crippen LogP contribution in [0.1, 0.15) is 57.9 Å². The number of benzene rings is 1. The minimum absolute atomic E-state index is 0.230. The molecule has 130 valence electrons. The van der Waals surface area contributed by atoms with Crippen molar-refractivity contribution in [3.05, 3.63) is 35.6 Å². The quantitative estimate of drug-likeness (QED) is 0.789. The number of hydrogen-bond acceptors (Lipinski definition) is 2. The number of hydrogen-bond donors (Lipinski definition) is 0. The molecule has 1 aliphatic carbocycles. The van der Waals surface area contributed by atoms with E-state index >= 15 is 0 Å². The summed E-state index contributed by atoms with van der Waals surface area (Å²) < 4.78 is 13.2. The normalized spacial score (nSPS) is 27.8. The van der Waals surface area contributed by atoms with Gasteiger partial charge in [0, 0.05) is 19.1 Å². The van der Waals surface area contributed by atoms with Crippen LogP contribution in [0.15, 0.2) is 24.3 Å². The van der Waals surface area contributed by atoms with E-state index in [1.54, 1.807) is 12.1 Å². The molecule has 0 spiro atoms. The topological polar surface area (TPSA) is 27.0 Å². The number of rotatable bonds is 3. The highest BCUT2D eigenvalue weighted by Crippen LogP contribution is 2.38. The second kappa shape index (κ2) is 7.23. The first-order valence-corrected chi connectivity index (χ1v) is 9.45. The van der Waals surface area contributed by atoms with Crippen LogP contribution in [-0.2, 0) is 5.41 Å². The molecule has 1 aromatic rings. The van der Waals surface area contributed by atoms with Crippen LogP contribution in [0.2, 0.25) is 0 Å². The van der Waals surface area contributed by atoms with Gasteiger partial charge in [0.25, 0.3) is 0 Å². The van der Waals surface area contributed by atoms with E-state index in [9.17, 15) is 9.65 Å². The molecule has 2 nitrogen and oxygen atoms in total. The molecule has 2 fully saturated rings. The van der Waals surface area contributed by atoms with Gasteiger partial charge in [-0.3, -0.25) is 0 Å². The second-order valence-corrected chi connectivity index (χ2v) is 8.05. The van der Waals surface area contributed by atoms with Crippen molar-refractivity contribution in [1.29, 1.82) is 5.26 Å². The van der Waals surface area contributed by atoms with Crippen LogP contribution < -0.4 is 0 Å². The average molecular weight is 328 g/mol. The maximum atomic E-state index is 13.2. The molecular formula is C21H29FN2. The first kappa shape index (κ1) is 17.4. The molecule has 2 aliphatic rings.